The smallest absolute Gasteiger partial charge is 0.405 e. The van der Waals surface area contributed by atoms with E-state index in [0.29, 0.717) is 0 Å². The molecule has 1 aromatic rings. The Balaban J connectivity index is 3.22. The SMILES string of the molecule is CCC(O)C(F)(F)c1cccc(C(C)NC(=O)O)c1F. The molecule has 0 spiro atoms. The minimum atomic E-state index is -3.74. The lowest BCUT2D eigenvalue weighted by molar-refractivity contribution is -0.118. The lowest BCUT2D eigenvalue weighted by Gasteiger charge is -2.24. The number of carboxylic acid groups (broad SMARTS) is 1. The number of carbonyl (C=O) groups is 1. The average Bonchev–Trinajstić information content (AvgIpc) is 2.36. The molecule has 1 rings (SSSR count). The zero-order chi connectivity index (χ0) is 15.5. The zero-order valence-corrected chi connectivity index (χ0v) is 11.0. The van der Waals surface area contributed by atoms with Gasteiger partial charge in [0.25, 0.3) is 0 Å². The molecule has 1 amide bonds. The molecule has 3 N–H and O–H groups in total. The molecule has 0 bridgehead atoms. The Hall–Kier alpha value is -1.76. The van der Waals surface area contributed by atoms with Crippen LogP contribution in [0.3, 0.4) is 0 Å². The first-order valence-electron chi connectivity index (χ1n) is 6.06. The molecule has 0 fully saturated rings. The topological polar surface area (TPSA) is 69.6 Å². The van der Waals surface area contributed by atoms with E-state index in [1.165, 1.54) is 26.0 Å². The quantitative estimate of drug-likeness (QED) is 0.781. The molecule has 7 heteroatoms. The zero-order valence-electron chi connectivity index (χ0n) is 11.0. The summed E-state index contributed by atoms with van der Waals surface area (Å²) in [6, 6.07) is 2.31. The Morgan fingerprint density at radius 1 is 1.45 bits per heavy atom. The van der Waals surface area contributed by atoms with Crippen molar-refractivity contribution in [1.82, 2.24) is 5.32 Å². The minimum absolute atomic E-state index is 0.201. The second-order valence-corrected chi connectivity index (χ2v) is 4.43. The third kappa shape index (κ3) is 3.22. The molecule has 2 unspecified atom stereocenters. The van der Waals surface area contributed by atoms with E-state index in [4.69, 9.17) is 5.11 Å². The number of nitrogens with one attached hydrogen (secondary N) is 1. The van der Waals surface area contributed by atoms with Crippen molar-refractivity contribution in [2.24, 2.45) is 0 Å². The van der Waals surface area contributed by atoms with Gasteiger partial charge in [-0.1, -0.05) is 19.1 Å². The highest BCUT2D eigenvalue weighted by atomic mass is 19.3. The van der Waals surface area contributed by atoms with Crippen LogP contribution in [0.1, 0.15) is 37.4 Å². The van der Waals surface area contributed by atoms with Crippen molar-refractivity contribution in [3.63, 3.8) is 0 Å². The Morgan fingerprint density at radius 3 is 2.55 bits per heavy atom. The lowest BCUT2D eigenvalue weighted by Crippen LogP contribution is -2.32. The van der Waals surface area contributed by atoms with E-state index in [1.54, 1.807) is 0 Å². The van der Waals surface area contributed by atoms with Crippen LogP contribution in [0, 0.1) is 5.82 Å². The van der Waals surface area contributed by atoms with E-state index >= 15 is 0 Å². The van der Waals surface area contributed by atoms with Crippen LogP contribution in [0.25, 0.3) is 0 Å². The van der Waals surface area contributed by atoms with Gasteiger partial charge in [0.1, 0.15) is 11.9 Å². The summed E-state index contributed by atoms with van der Waals surface area (Å²) in [5, 5.41) is 19.9. The molecule has 1 aromatic carbocycles. The van der Waals surface area contributed by atoms with E-state index in [2.05, 4.69) is 0 Å². The molecule has 20 heavy (non-hydrogen) atoms. The van der Waals surface area contributed by atoms with Gasteiger partial charge in [-0.25, -0.2) is 9.18 Å². The van der Waals surface area contributed by atoms with Crippen LogP contribution in [-0.4, -0.2) is 22.4 Å². The maximum atomic E-state index is 14.1. The highest BCUT2D eigenvalue weighted by Crippen LogP contribution is 2.36. The van der Waals surface area contributed by atoms with E-state index in [-0.39, 0.29) is 12.0 Å². The maximum Gasteiger partial charge on any atom is 0.405 e. The number of halogens is 3. The van der Waals surface area contributed by atoms with Crippen LogP contribution in [0.15, 0.2) is 18.2 Å². The van der Waals surface area contributed by atoms with Crippen molar-refractivity contribution in [3.05, 3.63) is 35.1 Å². The molecule has 0 aromatic heterocycles. The van der Waals surface area contributed by atoms with Gasteiger partial charge in [0.05, 0.1) is 11.6 Å². The standard InChI is InChI=1S/C13H16F3NO3/c1-3-10(18)13(15,16)9-6-4-5-8(11(9)14)7(2)17-12(19)20/h4-7,10,17-18H,3H2,1-2H3,(H,19,20). The van der Waals surface area contributed by atoms with E-state index < -0.39 is 35.5 Å². The molecule has 0 aliphatic carbocycles. The number of amides is 1. The van der Waals surface area contributed by atoms with Gasteiger partial charge in [-0.2, -0.15) is 8.78 Å². The van der Waals surface area contributed by atoms with Crippen LogP contribution < -0.4 is 5.32 Å². The summed E-state index contributed by atoms with van der Waals surface area (Å²) in [4.78, 5) is 10.5. The van der Waals surface area contributed by atoms with Crippen molar-refractivity contribution in [2.45, 2.75) is 38.3 Å². The van der Waals surface area contributed by atoms with E-state index in [0.717, 1.165) is 6.07 Å². The van der Waals surface area contributed by atoms with Gasteiger partial charge in [-0.3, -0.25) is 0 Å². The number of aliphatic hydroxyl groups is 1. The molecule has 0 heterocycles. The Bertz CT molecular complexity index is 494. The Kier molecular flexibility index (Phi) is 4.99. The van der Waals surface area contributed by atoms with Gasteiger partial charge in [-0.15, -0.1) is 0 Å². The second kappa shape index (κ2) is 6.13. The highest BCUT2D eigenvalue weighted by molar-refractivity contribution is 5.65. The Labute approximate surface area is 114 Å². The van der Waals surface area contributed by atoms with Gasteiger partial charge < -0.3 is 15.5 Å². The van der Waals surface area contributed by atoms with Crippen molar-refractivity contribution >= 4 is 6.09 Å². The molecule has 0 saturated carbocycles. The summed E-state index contributed by atoms with van der Waals surface area (Å²) in [5.41, 5.74) is -1.14. The monoisotopic (exact) mass is 291 g/mol. The molecule has 0 aliphatic heterocycles. The van der Waals surface area contributed by atoms with E-state index in [1.807, 2.05) is 5.32 Å². The number of hydrogen-bond donors (Lipinski definition) is 3. The molecule has 4 nitrogen and oxygen atoms in total. The van der Waals surface area contributed by atoms with Crippen molar-refractivity contribution in [1.29, 1.82) is 0 Å². The number of aliphatic hydroxyl groups excluding tert-OH is 1. The van der Waals surface area contributed by atoms with Crippen LogP contribution in [0.5, 0.6) is 0 Å². The molecule has 2 atom stereocenters. The van der Waals surface area contributed by atoms with Gasteiger partial charge >= 0.3 is 12.0 Å². The summed E-state index contributed by atoms with van der Waals surface area (Å²) < 4.78 is 41.9. The summed E-state index contributed by atoms with van der Waals surface area (Å²) in [7, 11) is 0. The second-order valence-electron chi connectivity index (χ2n) is 4.43. The van der Waals surface area contributed by atoms with Crippen molar-refractivity contribution in [2.75, 3.05) is 0 Å². The third-order valence-corrected chi connectivity index (χ3v) is 3.00. The van der Waals surface area contributed by atoms with Crippen molar-refractivity contribution in [3.8, 4) is 0 Å². The summed E-state index contributed by atoms with van der Waals surface area (Å²) >= 11 is 0. The minimum Gasteiger partial charge on any atom is -0.465 e. The van der Waals surface area contributed by atoms with Crippen LogP contribution >= 0.6 is 0 Å². The maximum absolute atomic E-state index is 14.1. The number of rotatable bonds is 5. The van der Waals surface area contributed by atoms with Gasteiger partial charge in [0.15, 0.2) is 0 Å². The van der Waals surface area contributed by atoms with Gasteiger partial charge in [0, 0.05) is 5.56 Å². The molecule has 0 radical (unpaired) electrons. The predicted octanol–water partition coefficient (Wildman–Crippen LogP) is 3.02. The van der Waals surface area contributed by atoms with Crippen LogP contribution in [0.4, 0.5) is 18.0 Å². The predicted molar refractivity (Wildman–Crippen MR) is 66.2 cm³/mol. The van der Waals surface area contributed by atoms with E-state index in [9.17, 15) is 23.1 Å². The first kappa shape index (κ1) is 16.3. The summed E-state index contributed by atoms with van der Waals surface area (Å²) in [6.45, 7) is 2.69. The van der Waals surface area contributed by atoms with Crippen LogP contribution in [0.2, 0.25) is 0 Å². The van der Waals surface area contributed by atoms with Crippen LogP contribution in [-0.2, 0) is 5.92 Å². The summed E-state index contributed by atoms with van der Waals surface area (Å²) in [5.74, 6) is -4.95. The first-order valence-corrected chi connectivity index (χ1v) is 6.06. The largest absolute Gasteiger partial charge is 0.465 e. The number of benzene rings is 1. The number of alkyl halides is 2. The van der Waals surface area contributed by atoms with Crippen molar-refractivity contribution < 1.29 is 28.2 Å². The fraction of sp³-hybridized carbons (Fsp3) is 0.462. The average molecular weight is 291 g/mol. The number of hydrogen-bond acceptors (Lipinski definition) is 2. The lowest BCUT2D eigenvalue weighted by atomic mass is 9.96. The third-order valence-electron chi connectivity index (χ3n) is 3.00. The fourth-order valence-electron chi connectivity index (χ4n) is 1.84. The molecule has 112 valence electrons. The normalized spacial score (nSPS) is 14.7. The molecular weight excluding hydrogens is 275 g/mol. The molecular formula is C13H16F3NO3. The first-order chi connectivity index (χ1) is 9.21. The van der Waals surface area contributed by atoms with Gasteiger partial charge in [0.2, 0.25) is 0 Å². The molecule has 0 aliphatic rings. The fourth-order valence-corrected chi connectivity index (χ4v) is 1.84. The summed E-state index contributed by atoms with van der Waals surface area (Å²) in [6.07, 6.45) is -3.63. The molecule has 0 saturated heterocycles. The Morgan fingerprint density at radius 2 is 2.05 bits per heavy atom. The highest BCUT2D eigenvalue weighted by Gasteiger charge is 2.42. The van der Waals surface area contributed by atoms with Gasteiger partial charge in [-0.05, 0) is 19.4 Å².